The molecule has 0 aliphatic heterocycles. The van der Waals surface area contributed by atoms with Gasteiger partial charge in [0, 0.05) is 11.0 Å². The maximum absolute atomic E-state index is 13.5. The number of amides is 1. The quantitative estimate of drug-likeness (QED) is 0.246. The highest BCUT2D eigenvalue weighted by molar-refractivity contribution is 8.04. The second kappa shape index (κ2) is 13.1. The van der Waals surface area contributed by atoms with E-state index in [0.29, 0.717) is 5.56 Å². The molecule has 0 spiro atoms. The van der Waals surface area contributed by atoms with Gasteiger partial charge in [-0.1, -0.05) is 79.2 Å². The van der Waals surface area contributed by atoms with Crippen molar-refractivity contribution in [2.24, 2.45) is 0 Å². The standard InChI is InChI=1S/C30H28NOPS.HI/c1-3-34-23-29(31-30(32)25-21-19-24(2)20-22-25)33(26-13-7-4-8-14-26,27-15-9-5-10-16-27)28-17-11-6-12-18-28;/h4-23H,3H2,1-2H3;1H. The van der Waals surface area contributed by atoms with E-state index in [0.717, 1.165) is 16.8 Å². The molecule has 4 rings (SSSR count). The van der Waals surface area contributed by atoms with Crippen molar-refractivity contribution < 1.29 is 28.8 Å². The number of carbonyl (C=O) groups is 1. The van der Waals surface area contributed by atoms with E-state index >= 15 is 0 Å². The van der Waals surface area contributed by atoms with Crippen molar-refractivity contribution in [3.05, 3.63) is 137 Å². The lowest BCUT2D eigenvalue weighted by molar-refractivity contribution is -0.0000149. The predicted octanol–water partition coefficient (Wildman–Crippen LogP) is 3.27. The number of rotatable bonds is 8. The normalized spacial score (nSPS) is 11.4. The Hall–Kier alpha value is -2.40. The van der Waals surface area contributed by atoms with Gasteiger partial charge in [-0.3, -0.25) is 10.1 Å². The molecule has 0 fully saturated rings. The SMILES string of the molecule is CCSC=C(NC(=O)c1ccc(C)cc1)[P+](c1ccccc1)(c1ccccc1)c1ccccc1.[I-]. The summed E-state index contributed by atoms with van der Waals surface area (Å²) in [5.74, 6) is 0.831. The van der Waals surface area contributed by atoms with E-state index in [1.165, 1.54) is 15.9 Å². The summed E-state index contributed by atoms with van der Waals surface area (Å²) < 4.78 is 0. The van der Waals surface area contributed by atoms with Crippen LogP contribution in [0.5, 0.6) is 0 Å². The molecular formula is C30H29INOPS. The second-order valence-corrected chi connectivity index (χ2v) is 12.5. The number of carbonyl (C=O) groups excluding carboxylic acids is 1. The molecule has 1 N–H and O–H groups in total. The molecule has 0 radical (unpaired) electrons. The van der Waals surface area contributed by atoms with Crippen LogP contribution in [-0.2, 0) is 0 Å². The predicted molar refractivity (Wildman–Crippen MR) is 150 cm³/mol. The van der Waals surface area contributed by atoms with Crippen molar-refractivity contribution in [1.82, 2.24) is 5.32 Å². The van der Waals surface area contributed by atoms with E-state index in [9.17, 15) is 4.79 Å². The lowest BCUT2D eigenvalue weighted by Crippen LogP contribution is -3.00. The number of hydrogen-bond acceptors (Lipinski definition) is 2. The largest absolute Gasteiger partial charge is 1.00 e. The lowest BCUT2D eigenvalue weighted by atomic mass is 10.1. The van der Waals surface area contributed by atoms with E-state index < -0.39 is 7.26 Å². The van der Waals surface area contributed by atoms with Gasteiger partial charge >= 0.3 is 0 Å². The van der Waals surface area contributed by atoms with Crippen LogP contribution in [-0.4, -0.2) is 11.7 Å². The number of hydrogen-bond donors (Lipinski definition) is 1. The van der Waals surface area contributed by atoms with E-state index in [2.05, 4.69) is 90.4 Å². The second-order valence-electron chi connectivity index (χ2n) is 7.96. The van der Waals surface area contributed by atoms with Crippen molar-refractivity contribution in [1.29, 1.82) is 0 Å². The molecule has 35 heavy (non-hydrogen) atoms. The number of halogens is 1. The highest BCUT2D eigenvalue weighted by Crippen LogP contribution is 2.61. The molecular weight excluding hydrogens is 580 g/mol. The van der Waals surface area contributed by atoms with Crippen LogP contribution in [0.25, 0.3) is 0 Å². The number of nitrogens with one attached hydrogen (secondary N) is 1. The Morgan fingerprint density at radius 3 is 1.57 bits per heavy atom. The fraction of sp³-hybridized carbons (Fsp3) is 0.100. The summed E-state index contributed by atoms with van der Waals surface area (Å²) in [6.45, 7) is 4.16. The first-order valence-electron chi connectivity index (χ1n) is 11.4. The first-order valence-corrected chi connectivity index (χ1v) is 14.3. The molecule has 0 bridgehead atoms. The average molecular weight is 610 g/mol. The van der Waals surface area contributed by atoms with Gasteiger partial charge in [-0.15, -0.1) is 11.8 Å². The maximum Gasteiger partial charge on any atom is 0.258 e. The molecule has 0 unspecified atom stereocenters. The molecule has 1 amide bonds. The summed E-state index contributed by atoms with van der Waals surface area (Å²) in [5.41, 5.74) is 2.74. The molecule has 0 heterocycles. The van der Waals surface area contributed by atoms with Crippen molar-refractivity contribution in [2.45, 2.75) is 13.8 Å². The van der Waals surface area contributed by atoms with Gasteiger partial charge in [0.15, 0.2) is 12.7 Å². The van der Waals surface area contributed by atoms with Gasteiger partial charge in [-0.25, -0.2) is 0 Å². The van der Waals surface area contributed by atoms with Crippen molar-refractivity contribution in [2.75, 3.05) is 5.75 Å². The Morgan fingerprint density at radius 2 is 1.17 bits per heavy atom. The van der Waals surface area contributed by atoms with E-state index in [1.54, 1.807) is 11.8 Å². The van der Waals surface area contributed by atoms with E-state index in [4.69, 9.17) is 0 Å². The van der Waals surface area contributed by atoms with Crippen LogP contribution >= 0.6 is 19.0 Å². The van der Waals surface area contributed by atoms with Gasteiger partial charge < -0.3 is 24.0 Å². The van der Waals surface area contributed by atoms with Gasteiger partial charge in [0.05, 0.1) is 0 Å². The smallest absolute Gasteiger partial charge is 0.258 e. The van der Waals surface area contributed by atoms with Gasteiger partial charge in [0.2, 0.25) is 0 Å². The zero-order valence-corrected chi connectivity index (χ0v) is 23.8. The molecule has 0 aliphatic carbocycles. The summed E-state index contributed by atoms with van der Waals surface area (Å²) >= 11 is 1.72. The Balaban J connectivity index is 0.00000342. The van der Waals surface area contributed by atoms with Crippen molar-refractivity contribution in [3.63, 3.8) is 0 Å². The minimum Gasteiger partial charge on any atom is -1.00 e. The summed E-state index contributed by atoms with van der Waals surface area (Å²) in [6.07, 6.45) is 0. The number of aryl methyl sites for hydroxylation is 1. The van der Waals surface area contributed by atoms with Gasteiger partial charge in [0.1, 0.15) is 15.9 Å². The molecule has 0 atom stereocenters. The van der Waals surface area contributed by atoms with Crippen LogP contribution in [0.4, 0.5) is 0 Å². The molecule has 2 nitrogen and oxygen atoms in total. The highest BCUT2D eigenvalue weighted by Gasteiger charge is 2.50. The molecule has 0 aliphatic rings. The molecule has 0 aromatic heterocycles. The highest BCUT2D eigenvalue weighted by atomic mass is 127. The fourth-order valence-electron chi connectivity index (χ4n) is 4.07. The van der Waals surface area contributed by atoms with E-state index in [-0.39, 0.29) is 29.9 Å². The van der Waals surface area contributed by atoms with Crippen LogP contribution in [0.15, 0.2) is 126 Å². The Labute approximate surface area is 230 Å². The van der Waals surface area contributed by atoms with Crippen LogP contribution < -0.4 is 45.2 Å². The minimum atomic E-state index is -2.37. The molecule has 4 aromatic carbocycles. The molecule has 0 saturated carbocycles. The Morgan fingerprint density at radius 1 is 0.743 bits per heavy atom. The molecule has 0 saturated heterocycles. The van der Waals surface area contributed by atoms with Gasteiger partial charge in [0.25, 0.3) is 5.91 Å². The average Bonchev–Trinajstić information content (AvgIpc) is 2.90. The lowest BCUT2D eigenvalue weighted by Gasteiger charge is -2.29. The maximum atomic E-state index is 13.5. The summed E-state index contributed by atoms with van der Waals surface area (Å²) in [6, 6.07) is 39.5. The molecule has 178 valence electrons. The summed E-state index contributed by atoms with van der Waals surface area (Å²) in [5, 5.41) is 9.16. The monoisotopic (exact) mass is 609 g/mol. The Bertz CT molecular complexity index is 1150. The third-order valence-corrected chi connectivity index (χ3v) is 10.8. The van der Waals surface area contributed by atoms with Gasteiger partial charge in [-0.05, 0) is 61.2 Å². The first-order chi connectivity index (χ1) is 16.7. The van der Waals surface area contributed by atoms with Crippen LogP contribution in [0.2, 0.25) is 0 Å². The Kier molecular flexibility index (Phi) is 10.1. The summed E-state index contributed by atoms with van der Waals surface area (Å²) in [7, 11) is -2.37. The van der Waals surface area contributed by atoms with Crippen LogP contribution in [0.1, 0.15) is 22.8 Å². The summed E-state index contributed by atoms with van der Waals surface area (Å²) in [4.78, 5) is 13.5. The topological polar surface area (TPSA) is 29.1 Å². The van der Waals surface area contributed by atoms with Crippen LogP contribution in [0, 0.1) is 6.92 Å². The zero-order valence-electron chi connectivity index (χ0n) is 19.9. The zero-order chi connectivity index (χ0) is 23.8. The van der Waals surface area contributed by atoms with E-state index in [1.807, 2.05) is 49.4 Å². The third-order valence-electron chi connectivity index (χ3n) is 5.71. The first kappa shape index (κ1) is 27.2. The molecule has 4 aromatic rings. The van der Waals surface area contributed by atoms with Crippen molar-refractivity contribution in [3.8, 4) is 0 Å². The third kappa shape index (κ3) is 6.06. The number of benzene rings is 4. The molecule has 5 heteroatoms. The number of thioether (sulfide) groups is 1. The minimum absolute atomic E-state index is 0. The fourth-order valence-corrected chi connectivity index (χ4v) is 9.16. The van der Waals surface area contributed by atoms with Crippen LogP contribution in [0.3, 0.4) is 0 Å². The van der Waals surface area contributed by atoms with Gasteiger partial charge in [-0.2, -0.15) is 0 Å². The van der Waals surface area contributed by atoms with Crippen molar-refractivity contribution >= 4 is 40.8 Å².